The van der Waals surface area contributed by atoms with Crippen LogP contribution in [0.15, 0.2) is 54.6 Å². The monoisotopic (exact) mass is 358 g/mol. The molecule has 0 aliphatic heterocycles. The predicted octanol–water partition coefficient (Wildman–Crippen LogP) is 3.44. The molecule has 0 spiro atoms. The Hall–Kier alpha value is -2.33. The maximum absolute atomic E-state index is 12.9. The minimum atomic E-state index is -0.549. The highest BCUT2D eigenvalue weighted by molar-refractivity contribution is 6.30. The van der Waals surface area contributed by atoms with Crippen LogP contribution in [0.5, 0.6) is 0 Å². The first-order chi connectivity index (χ1) is 12.0. The van der Waals surface area contributed by atoms with E-state index in [9.17, 15) is 9.59 Å². The van der Waals surface area contributed by atoms with Crippen molar-refractivity contribution in [3.05, 3.63) is 70.7 Å². The molecule has 2 aromatic carbocycles. The SMILES string of the molecule is CCNC(=O)[C@@H](C)N(Cc1ccc(Cl)cc1)C(=O)Cc1ccccc1. The molecule has 1 atom stereocenters. The van der Waals surface area contributed by atoms with E-state index in [-0.39, 0.29) is 18.2 Å². The zero-order valence-corrected chi connectivity index (χ0v) is 15.3. The highest BCUT2D eigenvalue weighted by atomic mass is 35.5. The normalized spacial score (nSPS) is 11.6. The van der Waals surface area contributed by atoms with Crippen molar-refractivity contribution in [1.29, 1.82) is 0 Å². The van der Waals surface area contributed by atoms with E-state index >= 15 is 0 Å². The fraction of sp³-hybridized carbons (Fsp3) is 0.300. The summed E-state index contributed by atoms with van der Waals surface area (Å²) in [5.74, 6) is -0.238. The van der Waals surface area contributed by atoms with Crippen LogP contribution < -0.4 is 5.32 Å². The van der Waals surface area contributed by atoms with Crippen LogP contribution in [0, 0.1) is 0 Å². The molecule has 0 aliphatic rings. The molecule has 0 aromatic heterocycles. The number of amides is 2. The predicted molar refractivity (Wildman–Crippen MR) is 100 cm³/mol. The molecule has 0 heterocycles. The topological polar surface area (TPSA) is 49.4 Å². The lowest BCUT2D eigenvalue weighted by molar-refractivity contribution is -0.140. The van der Waals surface area contributed by atoms with Crippen molar-refractivity contribution >= 4 is 23.4 Å². The molecule has 0 radical (unpaired) electrons. The van der Waals surface area contributed by atoms with E-state index < -0.39 is 6.04 Å². The van der Waals surface area contributed by atoms with Gasteiger partial charge in [0.2, 0.25) is 11.8 Å². The summed E-state index contributed by atoms with van der Waals surface area (Å²) in [4.78, 5) is 26.7. The molecular formula is C20H23ClN2O2. The van der Waals surface area contributed by atoms with Crippen LogP contribution in [0.4, 0.5) is 0 Å². The summed E-state index contributed by atoms with van der Waals surface area (Å²) in [6, 6.07) is 16.3. The van der Waals surface area contributed by atoms with Crippen LogP contribution in [-0.4, -0.2) is 29.3 Å². The third-order valence-corrected chi connectivity index (χ3v) is 4.23. The number of carbonyl (C=O) groups is 2. The quantitative estimate of drug-likeness (QED) is 0.824. The van der Waals surface area contributed by atoms with Gasteiger partial charge in [-0.1, -0.05) is 54.1 Å². The first-order valence-electron chi connectivity index (χ1n) is 8.36. The first-order valence-corrected chi connectivity index (χ1v) is 8.74. The largest absolute Gasteiger partial charge is 0.355 e. The molecule has 2 amide bonds. The minimum Gasteiger partial charge on any atom is -0.355 e. The number of benzene rings is 2. The number of nitrogens with zero attached hydrogens (tertiary/aromatic N) is 1. The molecule has 2 aromatic rings. The molecule has 0 fully saturated rings. The number of hydrogen-bond acceptors (Lipinski definition) is 2. The lowest BCUT2D eigenvalue weighted by Gasteiger charge is -2.29. The second-order valence-corrected chi connectivity index (χ2v) is 6.32. The fourth-order valence-electron chi connectivity index (χ4n) is 2.56. The van der Waals surface area contributed by atoms with Crippen molar-refractivity contribution in [1.82, 2.24) is 10.2 Å². The maximum atomic E-state index is 12.9. The zero-order chi connectivity index (χ0) is 18.2. The van der Waals surface area contributed by atoms with Gasteiger partial charge in [0.25, 0.3) is 0 Å². The molecule has 0 bridgehead atoms. The Morgan fingerprint density at radius 1 is 1.04 bits per heavy atom. The standard InChI is InChI=1S/C20H23ClN2O2/c1-3-22-20(25)15(2)23(14-17-9-11-18(21)12-10-17)19(24)13-16-7-5-4-6-8-16/h4-12,15H,3,13-14H2,1-2H3,(H,22,25)/t15-/m1/s1. The van der Waals surface area contributed by atoms with Crippen molar-refractivity contribution < 1.29 is 9.59 Å². The molecular weight excluding hydrogens is 336 g/mol. The number of likely N-dealkylation sites (N-methyl/N-ethyl adjacent to an activating group) is 1. The summed E-state index contributed by atoms with van der Waals surface area (Å²) in [6.07, 6.45) is 0.262. The van der Waals surface area contributed by atoms with E-state index in [1.54, 1.807) is 24.0 Å². The van der Waals surface area contributed by atoms with Gasteiger partial charge in [-0.3, -0.25) is 9.59 Å². The average molecular weight is 359 g/mol. The highest BCUT2D eigenvalue weighted by Crippen LogP contribution is 2.15. The Balaban J connectivity index is 2.19. The van der Waals surface area contributed by atoms with Crippen LogP contribution in [0.1, 0.15) is 25.0 Å². The van der Waals surface area contributed by atoms with E-state index in [0.717, 1.165) is 11.1 Å². The fourth-order valence-corrected chi connectivity index (χ4v) is 2.69. The van der Waals surface area contributed by atoms with Crippen molar-refractivity contribution in [3.8, 4) is 0 Å². The molecule has 1 N–H and O–H groups in total. The van der Waals surface area contributed by atoms with E-state index in [0.29, 0.717) is 18.1 Å². The van der Waals surface area contributed by atoms with Crippen LogP contribution >= 0.6 is 11.6 Å². The molecule has 132 valence electrons. The van der Waals surface area contributed by atoms with Gasteiger partial charge in [0.05, 0.1) is 6.42 Å². The third-order valence-electron chi connectivity index (χ3n) is 3.98. The molecule has 25 heavy (non-hydrogen) atoms. The summed E-state index contributed by atoms with van der Waals surface area (Å²) >= 11 is 5.93. The lowest BCUT2D eigenvalue weighted by Crippen LogP contribution is -2.48. The van der Waals surface area contributed by atoms with Crippen molar-refractivity contribution in [3.63, 3.8) is 0 Å². The van der Waals surface area contributed by atoms with Gasteiger partial charge in [-0.2, -0.15) is 0 Å². The number of nitrogens with one attached hydrogen (secondary N) is 1. The highest BCUT2D eigenvalue weighted by Gasteiger charge is 2.25. The Kier molecular flexibility index (Phi) is 7.02. The lowest BCUT2D eigenvalue weighted by atomic mass is 10.1. The van der Waals surface area contributed by atoms with Crippen LogP contribution in [-0.2, 0) is 22.6 Å². The summed E-state index contributed by atoms with van der Waals surface area (Å²) in [5.41, 5.74) is 1.86. The van der Waals surface area contributed by atoms with Crippen LogP contribution in [0.2, 0.25) is 5.02 Å². The Labute approximate surface area is 153 Å². The maximum Gasteiger partial charge on any atom is 0.242 e. The van der Waals surface area contributed by atoms with Crippen molar-refractivity contribution in [2.45, 2.75) is 32.9 Å². The van der Waals surface area contributed by atoms with Crippen molar-refractivity contribution in [2.75, 3.05) is 6.54 Å². The molecule has 0 saturated heterocycles. The molecule has 4 nitrogen and oxygen atoms in total. The molecule has 0 aliphatic carbocycles. The molecule has 0 unspecified atom stereocenters. The molecule has 0 saturated carbocycles. The van der Waals surface area contributed by atoms with Gasteiger partial charge in [0.15, 0.2) is 0 Å². The number of carbonyl (C=O) groups excluding carboxylic acids is 2. The van der Waals surface area contributed by atoms with Gasteiger partial charge in [0, 0.05) is 18.1 Å². The van der Waals surface area contributed by atoms with Gasteiger partial charge in [-0.05, 0) is 37.1 Å². The molecule has 2 rings (SSSR count). The van der Waals surface area contributed by atoms with E-state index in [1.165, 1.54) is 0 Å². The van der Waals surface area contributed by atoms with Gasteiger partial charge in [-0.15, -0.1) is 0 Å². The Morgan fingerprint density at radius 3 is 2.28 bits per heavy atom. The number of halogens is 1. The summed E-state index contributed by atoms with van der Waals surface area (Å²) < 4.78 is 0. The summed E-state index contributed by atoms with van der Waals surface area (Å²) in [6.45, 7) is 4.51. The summed E-state index contributed by atoms with van der Waals surface area (Å²) in [5, 5.41) is 3.43. The van der Waals surface area contributed by atoms with Gasteiger partial charge in [-0.25, -0.2) is 0 Å². The van der Waals surface area contributed by atoms with Crippen LogP contribution in [0.3, 0.4) is 0 Å². The average Bonchev–Trinajstić information content (AvgIpc) is 2.61. The first kappa shape index (κ1) is 19.0. The minimum absolute atomic E-state index is 0.0834. The van der Waals surface area contributed by atoms with E-state index in [1.807, 2.05) is 49.4 Å². The molecule has 5 heteroatoms. The number of rotatable bonds is 7. The van der Waals surface area contributed by atoms with Gasteiger partial charge in [0.1, 0.15) is 6.04 Å². The van der Waals surface area contributed by atoms with E-state index in [2.05, 4.69) is 5.32 Å². The van der Waals surface area contributed by atoms with E-state index in [4.69, 9.17) is 11.6 Å². The second kappa shape index (κ2) is 9.23. The van der Waals surface area contributed by atoms with Crippen LogP contribution in [0.25, 0.3) is 0 Å². The van der Waals surface area contributed by atoms with Crippen molar-refractivity contribution in [2.24, 2.45) is 0 Å². The number of hydrogen-bond donors (Lipinski definition) is 1. The third kappa shape index (κ3) is 5.61. The Bertz CT molecular complexity index is 701. The van der Waals surface area contributed by atoms with Gasteiger partial charge < -0.3 is 10.2 Å². The Morgan fingerprint density at radius 2 is 1.68 bits per heavy atom. The smallest absolute Gasteiger partial charge is 0.242 e. The zero-order valence-electron chi connectivity index (χ0n) is 14.5. The van der Waals surface area contributed by atoms with Gasteiger partial charge >= 0.3 is 0 Å². The summed E-state index contributed by atoms with van der Waals surface area (Å²) in [7, 11) is 0. The second-order valence-electron chi connectivity index (χ2n) is 5.88.